The second-order valence-corrected chi connectivity index (χ2v) is 7.79. The number of hydrogen-bond acceptors (Lipinski definition) is 3. The number of rotatable bonds is 6. The van der Waals surface area contributed by atoms with Crippen molar-refractivity contribution in [3.05, 3.63) is 35.4 Å². The summed E-state index contributed by atoms with van der Waals surface area (Å²) >= 11 is 0. The number of sulfone groups is 1. The maximum Gasteiger partial charge on any atom is 0.177 e. The quantitative estimate of drug-likeness (QED) is 0.758. The van der Waals surface area contributed by atoms with Gasteiger partial charge >= 0.3 is 0 Å². The molecule has 0 saturated heterocycles. The van der Waals surface area contributed by atoms with Crippen molar-refractivity contribution >= 4 is 15.6 Å². The number of aryl methyl sites for hydroxylation is 1. The molecule has 1 aliphatic rings. The molecule has 0 amide bonds. The molecule has 4 heteroatoms. The summed E-state index contributed by atoms with van der Waals surface area (Å²) in [5.74, 6) is -0.207. The number of hydrogen-bond donors (Lipinski definition) is 0. The fourth-order valence-corrected chi connectivity index (χ4v) is 4.54. The topological polar surface area (TPSA) is 51.2 Å². The van der Waals surface area contributed by atoms with E-state index in [1.54, 1.807) is 12.1 Å². The first-order chi connectivity index (χ1) is 9.50. The van der Waals surface area contributed by atoms with Crippen molar-refractivity contribution in [2.45, 2.75) is 39.0 Å². The molecule has 1 saturated carbocycles. The summed E-state index contributed by atoms with van der Waals surface area (Å²) in [4.78, 5) is 12.1. The highest BCUT2D eigenvalue weighted by atomic mass is 32.2. The second kappa shape index (κ2) is 6.53. The molecule has 1 aromatic rings. The van der Waals surface area contributed by atoms with Gasteiger partial charge in [0.25, 0.3) is 0 Å². The zero-order chi connectivity index (χ0) is 14.6. The lowest BCUT2D eigenvalue weighted by molar-refractivity contribution is 0.102. The van der Waals surface area contributed by atoms with Crippen LogP contribution in [-0.4, -0.2) is 25.7 Å². The van der Waals surface area contributed by atoms with Crippen LogP contribution in [0.5, 0.6) is 0 Å². The highest BCUT2D eigenvalue weighted by molar-refractivity contribution is 7.92. The van der Waals surface area contributed by atoms with E-state index in [-0.39, 0.29) is 23.2 Å². The predicted octanol–water partition coefficient (Wildman–Crippen LogP) is 3.04. The van der Waals surface area contributed by atoms with Crippen molar-refractivity contribution in [3.63, 3.8) is 0 Å². The average molecular weight is 294 g/mol. The van der Waals surface area contributed by atoms with Crippen LogP contribution in [0.25, 0.3) is 0 Å². The number of Topliss-reactive ketones (excluding diaryl/α,β-unsaturated/α-hetero) is 1. The van der Waals surface area contributed by atoms with Gasteiger partial charge in [0.1, 0.15) is 5.75 Å². The predicted molar refractivity (Wildman–Crippen MR) is 80.8 cm³/mol. The van der Waals surface area contributed by atoms with Crippen molar-refractivity contribution < 1.29 is 13.2 Å². The van der Waals surface area contributed by atoms with Gasteiger partial charge in [-0.05, 0) is 30.7 Å². The molecule has 1 aliphatic carbocycles. The van der Waals surface area contributed by atoms with E-state index < -0.39 is 9.84 Å². The lowest BCUT2D eigenvalue weighted by Gasteiger charge is -2.09. The first-order valence-corrected chi connectivity index (χ1v) is 9.15. The van der Waals surface area contributed by atoms with Gasteiger partial charge in [0.2, 0.25) is 0 Å². The summed E-state index contributed by atoms with van der Waals surface area (Å²) < 4.78 is 24.1. The molecule has 1 aromatic carbocycles. The van der Waals surface area contributed by atoms with Crippen LogP contribution in [0.4, 0.5) is 0 Å². The maximum absolute atomic E-state index is 12.1. The number of ketones is 1. The summed E-state index contributed by atoms with van der Waals surface area (Å²) in [6.07, 6.45) is 5.12. The van der Waals surface area contributed by atoms with Gasteiger partial charge in [0.05, 0.1) is 5.75 Å². The van der Waals surface area contributed by atoms with E-state index in [1.165, 1.54) is 0 Å². The van der Waals surface area contributed by atoms with Gasteiger partial charge < -0.3 is 0 Å². The molecule has 0 spiro atoms. The zero-order valence-electron chi connectivity index (χ0n) is 12.0. The number of benzene rings is 1. The second-order valence-electron chi connectivity index (χ2n) is 5.68. The van der Waals surface area contributed by atoms with E-state index >= 15 is 0 Å². The third-order valence-corrected chi connectivity index (χ3v) is 5.68. The standard InChI is InChI=1S/C16H22O3S/c1-2-13-7-9-15(10-8-13)16(17)12-20(18,19)11-14-5-3-4-6-14/h7-10,14H,2-6,11-12H2,1H3. The SMILES string of the molecule is CCc1ccc(C(=O)CS(=O)(=O)CC2CCCC2)cc1. The first-order valence-electron chi connectivity index (χ1n) is 7.33. The van der Waals surface area contributed by atoms with Crippen LogP contribution in [0.3, 0.4) is 0 Å². The van der Waals surface area contributed by atoms with Crippen LogP contribution in [0.2, 0.25) is 0 Å². The molecule has 0 radical (unpaired) electrons. The molecule has 0 N–H and O–H groups in total. The normalized spacial score (nSPS) is 16.4. The Bertz CT molecular complexity index is 552. The summed E-state index contributed by atoms with van der Waals surface area (Å²) in [5.41, 5.74) is 1.65. The van der Waals surface area contributed by atoms with E-state index in [9.17, 15) is 13.2 Å². The van der Waals surface area contributed by atoms with Crippen LogP contribution in [0.15, 0.2) is 24.3 Å². The molecule has 0 atom stereocenters. The van der Waals surface area contributed by atoms with Gasteiger partial charge in [-0.25, -0.2) is 8.42 Å². The largest absolute Gasteiger partial charge is 0.293 e. The Balaban J connectivity index is 1.98. The number of carbonyl (C=O) groups excluding carboxylic acids is 1. The third-order valence-electron chi connectivity index (χ3n) is 4.00. The third kappa shape index (κ3) is 4.17. The molecule has 0 heterocycles. The summed E-state index contributed by atoms with van der Waals surface area (Å²) in [6.45, 7) is 2.04. The average Bonchev–Trinajstić information content (AvgIpc) is 2.90. The molecule has 0 aliphatic heterocycles. The van der Waals surface area contributed by atoms with Crippen LogP contribution >= 0.6 is 0 Å². The Morgan fingerprint density at radius 1 is 1.15 bits per heavy atom. The molecule has 0 bridgehead atoms. The molecule has 20 heavy (non-hydrogen) atoms. The van der Waals surface area contributed by atoms with Gasteiger partial charge in [-0.2, -0.15) is 0 Å². The van der Waals surface area contributed by atoms with Crippen LogP contribution in [-0.2, 0) is 16.3 Å². The zero-order valence-corrected chi connectivity index (χ0v) is 12.8. The number of carbonyl (C=O) groups is 1. The van der Waals surface area contributed by atoms with E-state index in [0.29, 0.717) is 5.56 Å². The molecule has 3 nitrogen and oxygen atoms in total. The minimum atomic E-state index is -3.28. The van der Waals surface area contributed by atoms with Gasteiger partial charge in [-0.3, -0.25) is 4.79 Å². The Hall–Kier alpha value is -1.16. The Morgan fingerprint density at radius 2 is 1.75 bits per heavy atom. The molecule has 2 rings (SSSR count). The molecule has 1 fully saturated rings. The fraction of sp³-hybridized carbons (Fsp3) is 0.562. The van der Waals surface area contributed by atoms with Gasteiger partial charge in [0, 0.05) is 5.56 Å². The van der Waals surface area contributed by atoms with E-state index in [0.717, 1.165) is 37.7 Å². The highest BCUT2D eigenvalue weighted by Crippen LogP contribution is 2.26. The summed E-state index contributed by atoms with van der Waals surface area (Å²) in [5, 5.41) is 0. The van der Waals surface area contributed by atoms with E-state index in [2.05, 4.69) is 0 Å². The van der Waals surface area contributed by atoms with Crippen LogP contribution in [0.1, 0.15) is 48.5 Å². The highest BCUT2D eigenvalue weighted by Gasteiger charge is 2.25. The molecular weight excluding hydrogens is 272 g/mol. The van der Waals surface area contributed by atoms with E-state index in [1.807, 2.05) is 19.1 Å². The molecule has 0 aromatic heterocycles. The first kappa shape index (κ1) is 15.2. The van der Waals surface area contributed by atoms with Crippen molar-refractivity contribution in [2.75, 3.05) is 11.5 Å². The minimum Gasteiger partial charge on any atom is -0.293 e. The van der Waals surface area contributed by atoms with E-state index in [4.69, 9.17) is 0 Å². The summed E-state index contributed by atoms with van der Waals surface area (Å²) in [7, 11) is -3.28. The Labute approximate surface area is 121 Å². The monoisotopic (exact) mass is 294 g/mol. The van der Waals surface area contributed by atoms with Crippen molar-refractivity contribution in [3.8, 4) is 0 Å². The summed E-state index contributed by atoms with van der Waals surface area (Å²) in [6, 6.07) is 7.23. The van der Waals surface area contributed by atoms with Gasteiger partial charge in [-0.15, -0.1) is 0 Å². The van der Waals surface area contributed by atoms with Gasteiger partial charge in [0.15, 0.2) is 15.6 Å². The van der Waals surface area contributed by atoms with Crippen molar-refractivity contribution in [1.29, 1.82) is 0 Å². The molecule has 110 valence electrons. The Kier molecular flexibility index (Phi) is 4.97. The Morgan fingerprint density at radius 3 is 2.30 bits per heavy atom. The van der Waals surface area contributed by atoms with Gasteiger partial charge in [-0.1, -0.05) is 44.0 Å². The molecule has 0 unspecified atom stereocenters. The van der Waals surface area contributed by atoms with Crippen LogP contribution < -0.4 is 0 Å². The lowest BCUT2D eigenvalue weighted by Crippen LogP contribution is -2.22. The van der Waals surface area contributed by atoms with Crippen molar-refractivity contribution in [2.24, 2.45) is 5.92 Å². The smallest absolute Gasteiger partial charge is 0.177 e. The minimum absolute atomic E-state index is 0.172. The van der Waals surface area contributed by atoms with Crippen LogP contribution in [0, 0.1) is 5.92 Å². The lowest BCUT2D eigenvalue weighted by atomic mass is 10.1. The molecular formula is C16H22O3S. The van der Waals surface area contributed by atoms with Crippen molar-refractivity contribution in [1.82, 2.24) is 0 Å². The maximum atomic E-state index is 12.1. The fourth-order valence-electron chi connectivity index (χ4n) is 2.80.